The number of para-hydroxylation sites is 1. The van der Waals surface area contributed by atoms with Crippen LogP contribution in [0.4, 0.5) is 0 Å². The highest BCUT2D eigenvalue weighted by atomic mass is 16.5. The summed E-state index contributed by atoms with van der Waals surface area (Å²) in [6, 6.07) is 7.05. The van der Waals surface area contributed by atoms with Gasteiger partial charge in [0.2, 0.25) is 5.91 Å². The molecule has 0 aliphatic carbocycles. The van der Waals surface area contributed by atoms with E-state index in [9.17, 15) is 9.59 Å². The molecule has 0 aliphatic rings. The second-order valence-electron chi connectivity index (χ2n) is 6.63. The summed E-state index contributed by atoms with van der Waals surface area (Å²) in [5, 5.41) is 6.71. The van der Waals surface area contributed by atoms with E-state index in [0.29, 0.717) is 23.6 Å². The van der Waals surface area contributed by atoms with Crippen molar-refractivity contribution in [3.63, 3.8) is 0 Å². The largest absolute Gasteiger partial charge is 0.488 e. The zero-order valence-electron chi connectivity index (χ0n) is 16.5. The van der Waals surface area contributed by atoms with Crippen LogP contribution in [0.15, 0.2) is 28.8 Å². The lowest BCUT2D eigenvalue weighted by Crippen LogP contribution is -2.42. The number of hydrogen-bond acceptors (Lipinski definition) is 5. The van der Waals surface area contributed by atoms with Crippen LogP contribution in [-0.4, -0.2) is 41.0 Å². The molecule has 1 aromatic carbocycles. The van der Waals surface area contributed by atoms with E-state index < -0.39 is 0 Å². The number of aryl methyl sites for hydroxylation is 2. The van der Waals surface area contributed by atoms with E-state index in [1.54, 1.807) is 24.3 Å². The number of aromatic nitrogens is 1. The third-order valence-corrected chi connectivity index (χ3v) is 4.12. The molecule has 1 N–H and O–H groups in total. The van der Waals surface area contributed by atoms with Crippen LogP contribution in [0, 0.1) is 13.8 Å². The number of nitrogens with one attached hydrogen (secondary N) is 1. The van der Waals surface area contributed by atoms with Crippen LogP contribution in [-0.2, 0) is 11.4 Å². The third kappa shape index (κ3) is 5.32. The number of ether oxygens (including phenoxy) is 1. The first kappa shape index (κ1) is 20.5. The smallest absolute Gasteiger partial charge is 0.258 e. The summed E-state index contributed by atoms with van der Waals surface area (Å²) >= 11 is 0. The highest BCUT2D eigenvalue weighted by Gasteiger charge is 2.21. The van der Waals surface area contributed by atoms with Gasteiger partial charge >= 0.3 is 0 Å². The molecule has 0 atom stereocenters. The topological polar surface area (TPSA) is 84.7 Å². The number of carbonyl (C=O) groups excluding carboxylic acids is 2. The van der Waals surface area contributed by atoms with E-state index in [4.69, 9.17) is 9.26 Å². The summed E-state index contributed by atoms with van der Waals surface area (Å²) in [5.74, 6) is 0.724. The standard InChI is InChI=1S/C20H27N3O4/c1-6-23(11-19(24)21-13(2)3)20(25)16-9-7-8-10-18(16)26-12-17-14(4)22-27-15(17)5/h7-10,13H,6,11-12H2,1-5H3,(H,21,24). The Morgan fingerprint density at radius 3 is 2.56 bits per heavy atom. The Kier molecular flexibility index (Phi) is 6.98. The van der Waals surface area contributed by atoms with Crippen molar-refractivity contribution in [1.29, 1.82) is 0 Å². The van der Waals surface area contributed by atoms with Crippen LogP contribution in [0.1, 0.15) is 48.1 Å². The number of amides is 2. The number of likely N-dealkylation sites (N-methyl/N-ethyl adjacent to an activating group) is 1. The van der Waals surface area contributed by atoms with Gasteiger partial charge < -0.3 is 19.5 Å². The lowest BCUT2D eigenvalue weighted by molar-refractivity contribution is -0.122. The van der Waals surface area contributed by atoms with Gasteiger partial charge in [-0.25, -0.2) is 0 Å². The van der Waals surface area contributed by atoms with Crippen LogP contribution in [0.3, 0.4) is 0 Å². The Labute approximate surface area is 159 Å². The van der Waals surface area contributed by atoms with Gasteiger partial charge in [0.15, 0.2) is 0 Å². The summed E-state index contributed by atoms with van der Waals surface area (Å²) in [4.78, 5) is 26.5. The summed E-state index contributed by atoms with van der Waals surface area (Å²) in [5.41, 5.74) is 2.04. The second-order valence-corrected chi connectivity index (χ2v) is 6.63. The van der Waals surface area contributed by atoms with Crippen molar-refractivity contribution in [2.75, 3.05) is 13.1 Å². The molecule has 0 unspecified atom stereocenters. The number of carbonyl (C=O) groups is 2. The molecule has 146 valence electrons. The van der Waals surface area contributed by atoms with E-state index in [0.717, 1.165) is 11.3 Å². The molecule has 0 radical (unpaired) electrons. The highest BCUT2D eigenvalue weighted by molar-refractivity contribution is 5.98. The highest BCUT2D eigenvalue weighted by Crippen LogP contribution is 2.23. The van der Waals surface area contributed by atoms with Gasteiger partial charge in [0.1, 0.15) is 18.1 Å². The third-order valence-electron chi connectivity index (χ3n) is 4.12. The first-order valence-electron chi connectivity index (χ1n) is 9.05. The van der Waals surface area contributed by atoms with Gasteiger partial charge in [0.25, 0.3) is 5.91 Å². The average Bonchev–Trinajstić information content (AvgIpc) is 2.95. The summed E-state index contributed by atoms with van der Waals surface area (Å²) < 4.78 is 11.0. The maximum atomic E-state index is 12.9. The van der Waals surface area contributed by atoms with Gasteiger partial charge in [-0.2, -0.15) is 0 Å². The minimum Gasteiger partial charge on any atom is -0.488 e. The molecule has 0 bridgehead atoms. The van der Waals surface area contributed by atoms with Crippen molar-refractivity contribution in [2.45, 2.75) is 47.3 Å². The number of hydrogen-bond donors (Lipinski definition) is 1. The van der Waals surface area contributed by atoms with Crippen molar-refractivity contribution >= 4 is 11.8 Å². The molecule has 0 fully saturated rings. The van der Waals surface area contributed by atoms with Crippen LogP contribution >= 0.6 is 0 Å². The molecule has 1 aromatic heterocycles. The Hall–Kier alpha value is -2.83. The average molecular weight is 373 g/mol. The second kappa shape index (κ2) is 9.21. The first-order valence-corrected chi connectivity index (χ1v) is 9.05. The van der Waals surface area contributed by atoms with Gasteiger partial charge in [0, 0.05) is 12.6 Å². The van der Waals surface area contributed by atoms with Crippen LogP contribution in [0.5, 0.6) is 5.75 Å². The minimum atomic E-state index is -0.245. The van der Waals surface area contributed by atoms with Gasteiger partial charge in [0.05, 0.1) is 23.4 Å². The quantitative estimate of drug-likeness (QED) is 0.769. The molecule has 0 saturated heterocycles. The van der Waals surface area contributed by atoms with E-state index in [-0.39, 0.29) is 31.0 Å². The lowest BCUT2D eigenvalue weighted by Gasteiger charge is -2.22. The molecule has 2 aromatic rings. The fourth-order valence-corrected chi connectivity index (χ4v) is 2.67. The summed E-state index contributed by atoms with van der Waals surface area (Å²) in [6.07, 6.45) is 0. The molecule has 1 heterocycles. The zero-order chi connectivity index (χ0) is 20.0. The summed E-state index contributed by atoms with van der Waals surface area (Å²) in [6.45, 7) is 9.95. The maximum absolute atomic E-state index is 12.9. The van der Waals surface area contributed by atoms with Crippen molar-refractivity contribution < 1.29 is 18.8 Å². The van der Waals surface area contributed by atoms with E-state index in [1.807, 2.05) is 34.6 Å². The Morgan fingerprint density at radius 1 is 1.26 bits per heavy atom. The number of nitrogens with zero attached hydrogens (tertiary/aromatic N) is 2. The molecular formula is C20H27N3O4. The van der Waals surface area contributed by atoms with Crippen molar-refractivity contribution in [1.82, 2.24) is 15.4 Å². The fraction of sp³-hybridized carbons (Fsp3) is 0.450. The zero-order valence-corrected chi connectivity index (χ0v) is 16.5. The van der Waals surface area contributed by atoms with E-state index in [1.165, 1.54) is 4.90 Å². The molecule has 2 amide bonds. The molecule has 0 spiro atoms. The number of rotatable bonds is 8. The Bertz CT molecular complexity index is 779. The van der Waals surface area contributed by atoms with Crippen LogP contribution in [0.25, 0.3) is 0 Å². The predicted molar refractivity (Wildman–Crippen MR) is 102 cm³/mol. The SMILES string of the molecule is CCN(CC(=O)NC(C)C)C(=O)c1ccccc1OCc1c(C)noc1C. The fourth-order valence-electron chi connectivity index (χ4n) is 2.67. The molecule has 7 nitrogen and oxygen atoms in total. The maximum Gasteiger partial charge on any atom is 0.258 e. The van der Waals surface area contributed by atoms with Crippen molar-refractivity contribution in [3.8, 4) is 5.75 Å². The van der Waals surface area contributed by atoms with E-state index in [2.05, 4.69) is 10.5 Å². The Balaban J connectivity index is 2.15. The van der Waals surface area contributed by atoms with Gasteiger partial charge in [-0.1, -0.05) is 17.3 Å². The molecule has 0 aliphatic heterocycles. The monoisotopic (exact) mass is 373 g/mol. The van der Waals surface area contributed by atoms with Gasteiger partial charge in [-0.15, -0.1) is 0 Å². The normalized spacial score (nSPS) is 10.7. The predicted octanol–water partition coefficient (Wildman–Crippen LogP) is 2.86. The minimum absolute atomic E-state index is 0.00567. The van der Waals surface area contributed by atoms with Gasteiger partial charge in [-0.3, -0.25) is 9.59 Å². The van der Waals surface area contributed by atoms with Crippen LogP contribution < -0.4 is 10.1 Å². The molecule has 0 saturated carbocycles. The molecule has 2 rings (SSSR count). The van der Waals surface area contributed by atoms with E-state index >= 15 is 0 Å². The molecular weight excluding hydrogens is 346 g/mol. The lowest BCUT2D eigenvalue weighted by atomic mass is 10.1. The molecule has 27 heavy (non-hydrogen) atoms. The van der Waals surface area contributed by atoms with Crippen molar-refractivity contribution in [3.05, 3.63) is 46.8 Å². The van der Waals surface area contributed by atoms with Crippen molar-refractivity contribution in [2.24, 2.45) is 0 Å². The van der Waals surface area contributed by atoms with Gasteiger partial charge in [-0.05, 0) is 46.8 Å². The van der Waals surface area contributed by atoms with Crippen LogP contribution in [0.2, 0.25) is 0 Å². The summed E-state index contributed by atoms with van der Waals surface area (Å²) in [7, 11) is 0. The molecule has 7 heteroatoms. The number of benzene rings is 1. The first-order chi connectivity index (χ1) is 12.8. The Morgan fingerprint density at radius 2 is 1.96 bits per heavy atom.